The molecule has 0 aliphatic heterocycles. The summed E-state index contributed by atoms with van der Waals surface area (Å²) in [5.41, 5.74) is 3.37. The smallest absolute Gasteiger partial charge is 0.433 e. The predicted octanol–water partition coefficient (Wildman–Crippen LogP) is 5.02. The van der Waals surface area contributed by atoms with Crippen molar-refractivity contribution in [2.24, 2.45) is 0 Å². The average Bonchev–Trinajstić information content (AvgIpc) is 3.13. The second-order valence-electron chi connectivity index (χ2n) is 7.95. The first kappa shape index (κ1) is 23.3. The van der Waals surface area contributed by atoms with Gasteiger partial charge in [-0.05, 0) is 52.8 Å². The molecular formula is C25H21F3N2O4. The van der Waals surface area contributed by atoms with Gasteiger partial charge < -0.3 is 15.2 Å². The number of carbonyl (C=O) groups is 2. The number of aryl methyl sites for hydroxylation is 1. The maximum Gasteiger partial charge on any atom is 0.433 e. The summed E-state index contributed by atoms with van der Waals surface area (Å²) in [6.07, 6.45) is -4.58. The normalized spacial score (nSPS) is 13.6. The van der Waals surface area contributed by atoms with E-state index in [1.165, 1.54) is 6.07 Å². The van der Waals surface area contributed by atoms with Gasteiger partial charge in [-0.3, -0.25) is 4.98 Å². The molecule has 1 amide bonds. The van der Waals surface area contributed by atoms with Crippen molar-refractivity contribution in [3.05, 3.63) is 89.2 Å². The van der Waals surface area contributed by atoms with Crippen LogP contribution in [0.3, 0.4) is 0 Å². The van der Waals surface area contributed by atoms with Gasteiger partial charge in [-0.2, -0.15) is 13.2 Å². The number of ether oxygens (including phenoxy) is 1. The summed E-state index contributed by atoms with van der Waals surface area (Å²) in [7, 11) is 0. The number of hydrogen-bond donors (Lipinski definition) is 2. The van der Waals surface area contributed by atoms with Crippen LogP contribution in [0, 0.1) is 0 Å². The van der Waals surface area contributed by atoms with E-state index in [4.69, 9.17) is 4.74 Å². The molecule has 1 aromatic heterocycles. The molecular weight excluding hydrogens is 449 g/mol. The highest BCUT2D eigenvalue weighted by atomic mass is 19.4. The first-order chi connectivity index (χ1) is 16.2. The molecule has 2 N–H and O–H groups in total. The number of carboxylic acids is 1. The molecule has 1 atom stereocenters. The quantitative estimate of drug-likeness (QED) is 0.506. The molecule has 0 unspecified atom stereocenters. The summed E-state index contributed by atoms with van der Waals surface area (Å²) in [6.45, 7) is 0.0193. The molecule has 1 aliphatic carbocycles. The highest BCUT2D eigenvalue weighted by molar-refractivity contribution is 5.81. The Hall–Kier alpha value is -3.88. The van der Waals surface area contributed by atoms with E-state index in [9.17, 15) is 27.9 Å². The molecule has 34 heavy (non-hydrogen) atoms. The van der Waals surface area contributed by atoms with E-state index in [0.29, 0.717) is 0 Å². The number of alkyl carbamates (subject to hydrolysis) is 1. The van der Waals surface area contributed by atoms with E-state index in [-0.39, 0.29) is 30.9 Å². The zero-order valence-electron chi connectivity index (χ0n) is 17.9. The number of carboxylic acid groups (broad SMARTS) is 1. The number of aliphatic carboxylic acids is 1. The summed E-state index contributed by atoms with van der Waals surface area (Å²) in [5.74, 6) is -1.49. The summed E-state index contributed by atoms with van der Waals surface area (Å²) in [5, 5.41) is 11.8. The molecule has 0 fully saturated rings. The van der Waals surface area contributed by atoms with Crippen LogP contribution in [-0.4, -0.2) is 34.8 Å². The molecule has 3 aromatic rings. The van der Waals surface area contributed by atoms with Crippen molar-refractivity contribution in [1.82, 2.24) is 10.3 Å². The molecule has 0 spiro atoms. The van der Waals surface area contributed by atoms with Crippen molar-refractivity contribution in [2.75, 3.05) is 6.61 Å². The predicted molar refractivity (Wildman–Crippen MR) is 117 cm³/mol. The number of nitrogens with zero attached hydrogens (tertiary/aromatic N) is 1. The van der Waals surface area contributed by atoms with Gasteiger partial charge in [-0.1, -0.05) is 48.5 Å². The minimum absolute atomic E-state index is 0.00617. The molecule has 1 heterocycles. The van der Waals surface area contributed by atoms with Crippen LogP contribution in [-0.2, 0) is 22.1 Å². The van der Waals surface area contributed by atoms with Crippen LogP contribution in [0.2, 0.25) is 0 Å². The Morgan fingerprint density at radius 3 is 2.24 bits per heavy atom. The minimum Gasteiger partial charge on any atom is -0.480 e. The number of aromatic nitrogens is 1. The van der Waals surface area contributed by atoms with Gasteiger partial charge >= 0.3 is 18.2 Å². The van der Waals surface area contributed by atoms with Crippen molar-refractivity contribution >= 4 is 12.1 Å². The van der Waals surface area contributed by atoms with Gasteiger partial charge in [0.05, 0.1) is 0 Å². The lowest BCUT2D eigenvalue weighted by atomic mass is 9.98. The van der Waals surface area contributed by atoms with Gasteiger partial charge in [-0.25, -0.2) is 9.59 Å². The van der Waals surface area contributed by atoms with Gasteiger partial charge in [0.25, 0.3) is 0 Å². The molecule has 4 rings (SSSR count). The van der Waals surface area contributed by atoms with Crippen LogP contribution in [0.5, 0.6) is 0 Å². The van der Waals surface area contributed by atoms with E-state index in [1.807, 2.05) is 48.5 Å². The first-order valence-electron chi connectivity index (χ1n) is 10.6. The van der Waals surface area contributed by atoms with Crippen molar-refractivity contribution < 1.29 is 32.6 Å². The number of pyridine rings is 1. The third-order valence-electron chi connectivity index (χ3n) is 5.77. The fourth-order valence-electron chi connectivity index (χ4n) is 4.14. The molecule has 0 bridgehead atoms. The zero-order chi connectivity index (χ0) is 24.3. The maximum absolute atomic E-state index is 12.8. The molecule has 0 saturated heterocycles. The summed E-state index contributed by atoms with van der Waals surface area (Å²) in [4.78, 5) is 27.3. The number of amides is 1. The van der Waals surface area contributed by atoms with E-state index < -0.39 is 30.0 Å². The fourth-order valence-corrected chi connectivity index (χ4v) is 4.14. The Kier molecular flexibility index (Phi) is 6.54. The number of halogens is 3. The summed E-state index contributed by atoms with van der Waals surface area (Å²) >= 11 is 0. The molecule has 0 radical (unpaired) electrons. The lowest BCUT2D eigenvalue weighted by molar-refractivity contribution is -0.141. The lowest BCUT2D eigenvalue weighted by Gasteiger charge is -2.17. The number of alkyl halides is 3. The standard InChI is InChI=1S/C25H21F3N2O4/c26-25(27,28)22-13-15(11-12-29-22)9-10-21(23(31)32)30-24(33)34-14-20-18-7-3-1-5-16(18)17-6-2-4-8-19(17)20/h1-8,11-13,20-21H,9-10,14H2,(H,30,33)(H,31,32)/t21-/m0/s1. The van der Waals surface area contributed by atoms with Crippen molar-refractivity contribution in [2.45, 2.75) is 31.0 Å². The third-order valence-corrected chi connectivity index (χ3v) is 5.77. The average molecular weight is 470 g/mol. The van der Waals surface area contributed by atoms with E-state index in [1.54, 1.807) is 0 Å². The lowest BCUT2D eigenvalue weighted by Crippen LogP contribution is -2.41. The Morgan fingerprint density at radius 1 is 1.03 bits per heavy atom. The molecule has 9 heteroatoms. The number of hydrogen-bond acceptors (Lipinski definition) is 4. The Bertz CT molecular complexity index is 1170. The van der Waals surface area contributed by atoms with Crippen molar-refractivity contribution in [3.63, 3.8) is 0 Å². The Morgan fingerprint density at radius 2 is 1.65 bits per heavy atom. The highest BCUT2D eigenvalue weighted by Crippen LogP contribution is 2.44. The van der Waals surface area contributed by atoms with Gasteiger partial charge in [0.1, 0.15) is 18.3 Å². The van der Waals surface area contributed by atoms with Gasteiger partial charge in [0.2, 0.25) is 0 Å². The molecule has 0 saturated carbocycles. The van der Waals surface area contributed by atoms with Crippen LogP contribution in [0.25, 0.3) is 11.1 Å². The van der Waals surface area contributed by atoms with E-state index in [2.05, 4.69) is 10.3 Å². The summed E-state index contributed by atoms with van der Waals surface area (Å²) in [6, 6.07) is 16.5. The Balaban J connectivity index is 1.38. The van der Waals surface area contributed by atoms with Gasteiger partial charge in [-0.15, -0.1) is 0 Å². The molecule has 176 valence electrons. The zero-order valence-corrected chi connectivity index (χ0v) is 17.9. The number of rotatable bonds is 7. The Labute approximate surface area is 193 Å². The fraction of sp³-hybridized carbons (Fsp3) is 0.240. The first-order valence-corrected chi connectivity index (χ1v) is 10.6. The van der Waals surface area contributed by atoms with E-state index in [0.717, 1.165) is 34.5 Å². The second-order valence-corrected chi connectivity index (χ2v) is 7.95. The van der Waals surface area contributed by atoms with Crippen LogP contribution < -0.4 is 5.32 Å². The number of benzene rings is 2. The summed E-state index contributed by atoms with van der Waals surface area (Å²) < 4.78 is 43.9. The second kappa shape index (κ2) is 9.54. The number of carbonyl (C=O) groups excluding carboxylic acids is 1. The highest BCUT2D eigenvalue weighted by Gasteiger charge is 2.33. The molecule has 2 aromatic carbocycles. The maximum atomic E-state index is 12.8. The molecule has 1 aliphatic rings. The largest absolute Gasteiger partial charge is 0.480 e. The van der Waals surface area contributed by atoms with Crippen molar-refractivity contribution in [3.8, 4) is 11.1 Å². The third kappa shape index (κ3) is 5.03. The van der Waals surface area contributed by atoms with Crippen LogP contribution >= 0.6 is 0 Å². The van der Waals surface area contributed by atoms with Crippen LogP contribution in [0.15, 0.2) is 66.9 Å². The molecule has 6 nitrogen and oxygen atoms in total. The van der Waals surface area contributed by atoms with Crippen molar-refractivity contribution in [1.29, 1.82) is 0 Å². The topological polar surface area (TPSA) is 88.5 Å². The number of fused-ring (bicyclic) bond motifs is 3. The van der Waals surface area contributed by atoms with Gasteiger partial charge in [0.15, 0.2) is 0 Å². The van der Waals surface area contributed by atoms with Crippen LogP contribution in [0.1, 0.15) is 34.7 Å². The SMILES string of the molecule is O=C(N[C@@H](CCc1ccnc(C(F)(F)F)c1)C(=O)O)OCC1c2ccccc2-c2ccccc21. The van der Waals surface area contributed by atoms with Gasteiger partial charge in [0, 0.05) is 12.1 Å². The van der Waals surface area contributed by atoms with Crippen LogP contribution in [0.4, 0.5) is 18.0 Å². The number of nitrogens with one attached hydrogen (secondary N) is 1. The minimum atomic E-state index is -4.60. The monoisotopic (exact) mass is 470 g/mol. The van der Waals surface area contributed by atoms with E-state index >= 15 is 0 Å².